The molecular weight excluding hydrogens is 303 g/mol. The maximum atomic E-state index is 13.4. The van der Waals surface area contributed by atoms with E-state index in [0.29, 0.717) is 6.07 Å². The number of nitro groups is 1. The predicted octanol–water partition coefficient (Wildman–Crippen LogP) is 2.95. The third-order valence-electron chi connectivity index (χ3n) is 2.40. The molecule has 1 aromatic rings. The number of rotatable bonds is 5. The third kappa shape index (κ3) is 4.97. The van der Waals surface area contributed by atoms with Crippen LogP contribution in [0.5, 0.6) is 0 Å². The molecule has 0 aliphatic carbocycles. The second-order valence-electron chi connectivity index (χ2n) is 4.02. The van der Waals surface area contributed by atoms with Gasteiger partial charge in [0.25, 0.3) is 5.91 Å². The summed E-state index contributed by atoms with van der Waals surface area (Å²) in [5.41, 5.74) is -1.95. The summed E-state index contributed by atoms with van der Waals surface area (Å²) in [6.45, 7) is -0.392. The molecule has 0 saturated heterocycles. The van der Waals surface area contributed by atoms with E-state index in [1.165, 1.54) is 0 Å². The van der Waals surface area contributed by atoms with Crippen molar-refractivity contribution < 1.29 is 31.7 Å². The average molecular weight is 312 g/mol. The highest BCUT2D eigenvalue weighted by Crippen LogP contribution is 2.22. The van der Waals surface area contributed by atoms with E-state index < -0.39 is 59.3 Å². The first-order valence-corrected chi connectivity index (χ1v) is 5.60. The summed E-state index contributed by atoms with van der Waals surface area (Å²) < 4.78 is 62.2. The van der Waals surface area contributed by atoms with Gasteiger partial charge in [-0.05, 0) is 12.5 Å². The highest BCUT2D eigenvalue weighted by molar-refractivity contribution is 5.94. The zero-order valence-corrected chi connectivity index (χ0v) is 10.3. The summed E-state index contributed by atoms with van der Waals surface area (Å²) >= 11 is 0. The molecule has 0 bridgehead atoms. The fourth-order valence-electron chi connectivity index (χ4n) is 1.44. The molecule has 0 aromatic heterocycles. The van der Waals surface area contributed by atoms with Crippen molar-refractivity contribution in [3.63, 3.8) is 0 Å². The summed E-state index contributed by atoms with van der Waals surface area (Å²) in [5, 5.41) is 12.3. The number of amides is 1. The van der Waals surface area contributed by atoms with Gasteiger partial charge in [0, 0.05) is 13.0 Å². The minimum Gasteiger partial charge on any atom is -0.352 e. The SMILES string of the molecule is O=C(NCCCC(F)(F)F)c1cc(F)c([N+](=O)[O-])cc1F. The average Bonchev–Trinajstić information content (AvgIpc) is 2.35. The molecule has 0 fully saturated rings. The molecule has 5 nitrogen and oxygen atoms in total. The quantitative estimate of drug-likeness (QED) is 0.393. The van der Waals surface area contributed by atoms with Crippen molar-refractivity contribution in [2.75, 3.05) is 6.54 Å². The van der Waals surface area contributed by atoms with Crippen molar-refractivity contribution in [1.29, 1.82) is 0 Å². The highest BCUT2D eigenvalue weighted by Gasteiger charge is 2.26. The van der Waals surface area contributed by atoms with Gasteiger partial charge in [-0.1, -0.05) is 0 Å². The lowest BCUT2D eigenvalue weighted by atomic mass is 10.1. The summed E-state index contributed by atoms with van der Waals surface area (Å²) in [4.78, 5) is 20.6. The molecule has 1 aromatic carbocycles. The van der Waals surface area contributed by atoms with Gasteiger partial charge in [0.15, 0.2) is 0 Å². The van der Waals surface area contributed by atoms with Gasteiger partial charge in [0.05, 0.1) is 16.6 Å². The minimum atomic E-state index is -4.38. The molecule has 0 saturated carbocycles. The maximum absolute atomic E-state index is 13.4. The first-order valence-electron chi connectivity index (χ1n) is 5.60. The third-order valence-corrected chi connectivity index (χ3v) is 2.40. The molecule has 10 heteroatoms. The largest absolute Gasteiger partial charge is 0.389 e. The maximum Gasteiger partial charge on any atom is 0.389 e. The lowest BCUT2D eigenvalue weighted by Crippen LogP contribution is -2.26. The molecule has 0 spiro atoms. The Morgan fingerprint density at radius 1 is 1.24 bits per heavy atom. The fraction of sp³-hybridized carbons (Fsp3) is 0.364. The van der Waals surface area contributed by atoms with E-state index in [-0.39, 0.29) is 6.07 Å². The number of carbonyl (C=O) groups excluding carboxylic acids is 1. The normalized spacial score (nSPS) is 11.3. The topological polar surface area (TPSA) is 72.2 Å². The van der Waals surface area contributed by atoms with E-state index in [4.69, 9.17) is 0 Å². The van der Waals surface area contributed by atoms with E-state index in [9.17, 15) is 36.9 Å². The summed E-state index contributed by atoms with van der Waals surface area (Å²) in [6.07, 6.45) is -5.94. The number of halogens is 5. The zero-order valence-electron chi connectivity index (χ0n) is 10.3. The molecule has 0 aliphatic rings. The molecule has 1 N–H and O–H groups in total. The van der Waals surface area contributed by atoms with Crippen molar-refractivity contribution in [3.8, 4) is 0 Å². The standard InChI is InChI=1S/C11H9F5N2O3/c12-7-5-9(18(20)21)8(13)4-6(7)10(19)17-3-1-2-11(14,15)16/h4-5H,1-3H2,(H,17,19). The van der Waals surface area contributed by atoms with Crippen LogP contribution in [0, 0.1) is 21.7 Å². The molecule has 0 heterocycles. The van der Waals surface area contributed by atoms with Gasteiger partial charge in [-0.25, -0.2) is 4.39 Å². The van der Waals surface area contributed by atoms with Gasteiger partial charge in [-0.3, -0.25) is 14.9 Å². The van der Waals surface area contributed by atoms with Crippen molar-refractivity contribution >= 4 is 11.6 Å². The minimum absolute atomic E-state index is 0.236. The molecule has 1 amide bonds. The molecule has 0 aliphatic heterocycles. The van der Waals surface area contributed by atoms with E-state index >= 15 is 0 Å². The number of nitrogens with one attached hydrogen (secondary N) is 1. The number of nitrogens with zero attached hydrogens (tertiary/aromatic N) is 1. The Balaban J connectivity index is 2.71. The van der Waals surface area contributed by atoms with Gasteiger partial charge in [0.1, 0.15) is 5.82 Å². The van der Waals surface area contributed by atoms with Gasteiger partial charge >= 0.3 is 11.9 Å². The van der Waals surface area contributed by atoms with Gasteiger partial charge < -0.3 is 5.32 Å². The smallest absolute Gasteiger partial charge is 0.352 e. The van der Waals surface area contributed by atoms with Crippen molar-refractivity contribution in [1.82, 2.24) is 5.32 Å². The van der Waals surface area contributed by atoms with Gasteiger partial charge in [0.2, 0.25) is 5.82 Å². The first kappa shape index (κ1) is 16.8. The van der Waals surface area contributed by atoms with E-state index in [0.717, 1.165) is 0 Å². The summed E-state index contributed by atoms with van der Waals surface area (Å²) in [5.74, 6) is -3.90. The molecular formula is C11H9F5N2O3. The number of alkyl halides is 3. The zero-order chi connectivity index (χ0) is 16.2. The van der Waals surface area contributed by atoms with Crippen LogP contribution < -0.4 is 5.32 Å². The molecule has 1 rings (SSSR count). The lowest BCUT2D eigenvalue weighted by Gasteiger charge is -2.08. The lowest BCUT2D eigenvalue weighted by molar-refractivity contribution is -0.387. The van der Waals surface area contributed by atoms with Crippen LogP contribution in [0.25, 0.3) is 0 Å². The van der Waals surface area contributed by atoms with Crippen LogP contribution in [0.2, 0.25) is 0 Å². The monoisotopic (exact) mass is 312 g/mol. The van der Waals surface area contributed by atoms with E-state index in [2.05, 4.69) is 0 Å². The number of benzene rings is 1. The Kier molecular flexibility index (Phi) is 5.17. The van der Waals surface area contributed by atoms with Crippen LogP contribution in [-0.4, -0.2) is 23.6 Å². The summed E-state index contributed by atoms with van der Waals surface area (Å²) in [6, 6.07) is 0.562. The first-order chi connectivity index (χ1) is 9.61. The van der Waals surface area contributed by atoms with Crippen LogP contribution in [0.15, 0.2) is 12.1 Å². The van der Waals surface area contributed by atoms with Crippen LogP contribution in [0.4, 0.5) is 27.6 Å². The number of carbonyl (C=O) groups is 1. The molecule has 0 unspecified atom stereocenters. The summed E-state index contributed by atoms with van der Waals surface area (Å²) in [7, 11) is 0. The van der Waals surface area contributed by atoms with Crippen LogP contribution in [0.3, 0.4) is 0 Å². The van der Waals surface area contributed by atoms with Crippen molar-refractivity contribution in [2.45, 2.75) is 19.0 Å². The second-order valence-corrected chi connectivity index (χ2v) is 4.02. The van der Waals surface area contributed by atoms with Crippen LogP contribution in [0.1, 0.15) is 23.2 Å². The Bertz CT molecular complexity index is 560. The highest BCUT2D eigenvalue weighted by atomic mass is 19.4. The van der Waals surface area contributed by atoms with E-state index in [1.807, 2.05) is 5.32 Å². The Hall–Kier alpha value is -2.26. The predicted molar refractivity (Wildman–Crippen MR) is 60.6 cm³/mol. The number of nitro benzene ring substituents is 1. The fourth-order valence-corrected chi connectivity index (χ4v) is 1.44. The van der Waals surface area contributed by atoms with Crippen LogP contribution >= 0.6 is 0 Å². The Morgan fingerprint density at radius 2 is 1.86 bits per heavy atom. The Labute approximate surface area is 114 Å². The number of hydrogen-bond donors (Lipinski definition) is 1. The molecule has 0 atom stereocenters. The molecule has 21 heavy (non-hydrogen) atoms. The van der Waals surface area contributed by atoms with Gasteiger partial charge in [-0.2, -0.15) is 17.6 Å². The van der Waals surface area contributed by atoms with E-state index in [1.54, 1.807) is 0 Å². The van der Waals surface area contributed by atoms with Crippen LogP contribution in [-0.2, 0) is 0 Å². The molecule has 116 valence electrons. The van der Waals surface area contributed by atoms with Gasteiger partial charge in [-0.15, -0.1) is 0 Å². The van der Waals surface area contributed by atoms with Crippen molar-refractivity contribution in [2.24, 2.45) is 0 Å². The van der Waals surface area contributed by atoms with Crippen molar-refractivity contribution in [3.05, 3.63) is 39.4 Å². The molecule has 0 radical (unpaired) electrons. The number of hydrogen-bond acceptors (Lipinski definition) is 3. The Morgan fingerprint density at radius 3 is 2.38 bits per heavy atom. The second kappa shape index (κ2) is 6.46.